The van der Waals surface area contributed by atoms with Crippen molar-refractivity contribution in [1.82, 2.24) is 34.1 Å². The van der Waals surface area contributed by atoms with Crippen LogP contribution in [0.5, 0.6) is 0 Å². The van der Waals surface area contributed by atoms with Crippen LogP contribution in [0, 0.1) is 0 Å². The predicted molar refractivity (Wildman–Crippen MR) is 277 cm³/mol. The smallest absolute Gasteiger partial charge is 0.238 e. The first kappa shape index (κ1) is 39.3. The Morgan fingerprint density at radius 1 is 0.338 bits per heavy atom. The summed E-state index contributed by atoms with van der Waals surface area (Å²) in [6, 6.07) is 73.9. The van der Waals surface area contributed by atoms with Gasteiger partial charge in [-0.2, -0.15) is 9.97 Å². The lowest BCUT2D eigenvalue weighted by molar-refractivity contribution is 0.888. The van der Waals surface area contributed by atoms with E-state index in [1.807, 2.05) is 48.5 Å². The van der Waals surface area contributed by atoms with Gasteiger partial charge in [0.15, 0.2) is 17.5 Å². The van der Waals surface area contributed by atoms with E-state index in [0.717, 1.165) is 96.2 Å². The van der Waals surface area contributed by atoms with Crippen molar-refractivity contribution in [3.63, 3.8) is 0 Å². The molecular weight excluding hydrogens is 831 g/mol. The maximum Gasteiger partial charge on any atom is 0.238 e. The molecule has 0 saturated heterocycles. The molecule has 8 aromatic carbocycles. The van der Waals surface area contributed by atoms with E-state index in [9.17, 15) is 0 Å². The zero-order valence-corrected chi connectivity index (χ0v) is 36.9. The van der Waals surface area contributed by atoms with Gasteiger partial charge in [0.25, 0.3) is 0 Å². The molecule has 0 atom stereocenters. The molecule has 13 rings (SSSR count). The second kappa shape index (κ2) is 16.4. The third kappa shape index (κ3) is 6.88. The molecule has 12 aromatic rings. The van der Waals surface area contributed by atoms with Gasteiger partial charge in [0.2, 0.25) is 5.95 Å². The number of hydrogen-bond donors (Lipinski definition) is 0. The van der Waals surface area contributed by atoms with E-state index in [2.05, 4.69) is 185 Å². The monoisotopic (exact) mass is 871 g/mol. The van der Waals surface area contributed by atoms with Gasteiger partial charge in [-0.05, 0) is 66.4 Å². The lowest BCUT2D eigenvalue weighted by Gasteiger charge is -2.15. The number of allylic oxidation sites excluding steroid dienone is 1. The van der Waals surface area contributed by atoms with Crippen LogP contribution in [0.1, 0.15) is 17.7 Å². The summed E-state index contributed by atoms with van der Waals surface area (Å²) in [6.45, 7) is 0. The molecule has 0 saturated carbocycles. The first-order valence-electron chi connectivity index (χ1n) is 23.1. The van der Waals surface area contributed by atoms with Crippen LogP contribution >= 0.6 is 0 Å². The normalized spacial score (nSPS) is 12.2. The van der Waals surface area contributed by atoms with Crippen molar-refractivity contribution in [3.05, 3.63) is 230 Å². The lowest BCUT2D eigenvalue weighted by Crippen LogP contribution is -2.06. The summed E-state index contributed by atoms with van der Waals surface area (Å²) >= 11 is 0. The summed E-state index contributed by atoms with van der Waals surface area (Å²) in [5, 5.41) is 3.48. The first-order valence-corrected chi connectivity index (χ1v) is 23.1. The molecule has 0 aliphatic heterocycles. The van der Waals surface area contributed by atoms with Crippen LogP contribution in [0.3, 0.4) is 0 Å². The Morgan fingerprint density at radius 2 is 0.897 bits per heavy atom. The molecule has 0 amide bonds. The van der Waals surface area contributed by atoms with Crippen LogP contribution in [0.25, 0.3) is 118 Å². The number of benzene rings is 8. The number of para-hydroxylation sites is 1. The average molecular weight is 872 g/mol. The highest BCUT2D eigenvalue weighted by atomic mass is 15.2. The Labute approximate surface area is 393 Å². The summed E-state index contributed by atoms with van der Waals surface area (Å²) in [4.78, 5) is 26.0. The van der Waals surface area contributed by atoms with Crippen molar-refractivity contribution >= 4 is 38.8 Å². The standard InChI is InChI=1S/C61H41N7/c1-5-19-40(20-6-1)44-27-17-29-46(35-44)60-62-52(41-21-7-2-8-22-41)38-53(63-60)45-28-18-30-47(36-45)67-54-33-15-13-31-48(54)50-37-51-49-32-14-16-34-55(49)68(57(51)39-56(50)67)61-65-58(42-23-9-3-10-24-42)64-59(66-61)43-25-11-4-12-26-43/h1-14,16-32,34-39H,15,33H2. The van der Waals surface area contributed by atoms with Gasteiger partial charge in [-0.1, -0.05) is 182 Å². The van der Waals surface area contributed by atoms with Crippen LogP contribution in [-0.2, 0) is 6.42 Å². The topological polar surface area (TPSA) is 74.3 Å². The molecule has 0 unspecified atom stereocenters. The molecule has 4 heterocycles. The highest BCUT2D eigenvalue weighted by Crippen LogP contribution is 2.41. The number of nitrogens with zero attached hydrogens (tertiary/aromatic N) is 7. The van der Waals surface area contributed by atoms with Crippen LogP contribution < -0.4 is 0 Å². The van der Waals surface area contributed by atoms with E-state index in [1.165, 1.54) is 16.6 Å². The summed E-state index contributed by atoms with van der Waals surface area (Å²) in [5.74, 6) is 2.48. The van der Waals surface area contributed by atoms with Crippen LogP contribution in [0.15, 0.2) is 218 Å². The molecular formula is C61H41N7. The number of fused-ring (bicyclic) bond motifs is 6. The second-order valence-electron chi connectivity index (χ2n) is 17.2. The van der Waals surface area contributed by atoms with E-state index < -0.39 is 0 Å². The Hall–Kier alpha value is -9.07. The molecule has 0 spiro atoms. The molecule has 0 bridgehead atoms. The zero-order valence-electron chi connectivity index (χ0n) is 36.9. The third-order valence-corrected chi connectivity index (χ3v) is 13.0. The lowest BCUT2D eigenvalue weighted by atomic mass is 10.0. The van der Waals surface area contributed by atoms with Crippen molar-refractivity contribution in [2.45, 2.75) is 12.8 Å². The Bertz CT molecular complexity index is 3830. The Kier molecular flexibility index (Phi) is 9.49. The summed E-state index contributed by atoms with van der Waals surface area (Å²) in [5.41, 5.74) is 15.6. The minimum absolute atomic E-state index is 0.566. The maximum absolute atomic E-state index is 5.32. The molecule has 68 heavy (non-hydrogen) atoms. The quantitative estimate of drug-likeness (QED) is 0.152. The number of hydrogen-bond acceptors (Lipinski definition) is 5. The molecule has 0 fully saturated rings. The highest BCUT2D eigenvalue weighted by molar-refractivity contribution is 6.14. The number of aromatic nitrogens is 7. The molecule has 7 heteroatoms. The predicted octanol–water partition coefficient (Wildman–Crippen LogP) is 14.7. The Morgan fingerprint density at radius 3 is 1.62 bits per heavy atom. The van der Waals surface area contributed by atoms with Gasteiger partial charge in [-0.25, -0.2) is 15.0 Å². The van der Waals surface area contributed by atoms with E-state index in [1.54, 1.807) is 0 Å². The SMILES string of the molecule is C1=Cc2c(n(-c3cccc(-c4cc(-c5ccccc5)nc(-c5cccc(-c6ccccc6)c5)n4)c3)c3cc4c(cc23)c2ccccc2n4-c2nc(-c3ccccc3)nc(-c3ccccc3)n2)CC1. The van der Waals surface area contributed by atoms with E-state index in [4.69, 9.17) is 24.9 Å². The average Bonchev–Trinajstić information content (AvgIpc) is 3.93. The fourth-order valence-electron chi connectivity index (χ4n) is 9.84. The Balaban J connectivity index is 1.01. The van der Waals surface area contributed by atoms with Crippen molar-refractivity contribution in [2.75, 3.05) is 0 Å². The van der Waals surface area contributed by atoms with Crippen molar-refractivity contribution in [1.29, 1.82) is 0 Å². The van der Waals surface area contributed by atoms with Gasteiger partial charge in [0.05, 0.1) is 27.9 Å². The fourth-order valence-corrected chi connectivity index (χ4v) is 9.84. The van der Waals surface area contributed by atoms with Crippen LogP contribution in [0.4, 0.5) is 0 Å². The van der Waals surface area contributed by atoms with Gasteiger partial charge in [0.1, 0.15) is 0 Å². The van der Waals surface area contributed by atoms with Crippen molar-refractivity contribution in [3.8, 4) is 79.4 Å². The molecule has 1 aliphatic rings. The van der Waals surface area contributed by atoms with Gasteiger partial charge >= 0.3 is 0 Å². The minimum atomic E-state index is 0.566. The van der Waals surface area contributed by atoms with E-state index in [0.29, 0.717) is 23.4 Å². The van der Waals surface area contributed by atoms with Crippen LogP contribution in [-0.4, -0.2) is 34.1 Å². The number of rotatable bonds is 8. The van der Waals surface area contributed by atoms with E-state index >= 15 is 0 Å². The van der Waals surface area contributed by atoms with Gasteiger partial charge in [0, 0.05) is 60.9 Å². The summed E-state index contributed by atoms with van der Waals surface area (Å²) < 4.78 is 4.68. The zero-order chi connectivity index (χ0) is 45.0. The largest absolute Gasteiger partial charge is 0.313 e. The third-order valence-electron chi connectivity index (χ3n) is 13.0. The second-order valence-corrected chi connectivity index (χ2v) is 17.2. The fraction of sp³-hybridized carbons (Fsp3) is 0.0328. The summed E-state index contributed by atoms with van der Waals surface area (Å²) in [6.07, 6.45) is 6.49. The minimum Gasteiger partial charge on any atom is -0.313 e. The van der Waals surface area contributed by atoms with Crippen molar-refractivity contribution < 1.29 is 0 Å². The first-order chi connectivity index (χ1) is 33.7. The molecule has 1 aliphatic carbocycles. The highest BCUT2D eigenvalue weighted by Gasteiger charge is 2.24. The van der Waals surface area contributed by atoms with Gasteiger partial charge in [-0.3, -0.25) is 4.57 Å². The van der Waals surface area contributed by atoms with Crippen LogP contribution in [0.2, 0.25) is 0 Å². The molecule has 320 valence electrons. The maximum atomic E-state index is 5.32. The molecule has 0 N–H and O–H groups in total. The molecule has 4 aromatic heterocycles. The van der Waals surface area contributed by atoms with Gasteiger partial charge < -0.3 is 4.57 Å². The van der Waals surface area contributed by atoms with E-state index in [-0.39, 0.29) is 0 Å². The molecule has 0 radical (unpaired) electrons. The van der Waals surface area contributed by atoms with Crippen molar-refractivity contribution in [2.24, 2.45) is 0 Å². The van der Waals surface area contributed by atoms with Gasteiger partial charge in [-0.15, -0.1) is 0 Å². The summed E-state index contributed by atoms with van der Waals surface area (Å²) in [7, 11) is 0. The molecule has 7 nitrogen and oxygen atoms in total.